The van der Waals surface area contributed by atoms with E-state index in [1.165, 1.54) is 5.56 Å². The number of aliphatic hydroxyl groups excluding tert-OH is 1. The summed E-state index contributed by atoms with van der Waals surface area (Å²) in [5, 5.41) is 17.6. The highest BCUT2D eigenvalue weighted by molar-refractivity contribution is 5.16. The highest BCUT2D eigenvalue weighted by Crippen LogP contribution is 2.27. The summed E-state index contributed by atoms with van der Waals surface area (Å²) in [4.78, 5) is 2.34. The van der Waals surface area contributed by atoms with Crippen LogP contribution in [0.3, 0.4) is 0 Å². The van der Waals surface area contributed by atoms with E-state index in [0.29, 0.717) is 31.4 Å². The van der Waals surface area contributed by atoms with E-state index in [9.17, 15) is 5.11 Å². The number of hydrogen-bond acceptors (Lipinski definition) is 7. The molecule has 1 unspecified atom stereocenters. The predicted molar refractivity (Wildman–Crippen MR) is 102 cm³/mol. The first-order valence-corrected chi connectivity index (χ1v) is 9.31. The van der Waals surface area contributed by atoms with Gasteiger partial charge in [-0.05, 0) is 24.6 Å². The van der Waals surface area contributed by atoms with Gasteiger partial charge < -0.3 is 24.4 Å². The van der Waals surface area contributed by atoms with Crippen molar-refractivity contribution in [2.75, 3.05) is 33.5 Å². The zero-order valence-electron chi connectivity index (χ0n) is 16.2. The van der Waals surface area contributed by atoms with Crippen molar-refractivity contribution in [2.45, 2.75) is 38.0 Å². The highest BCUT2D eigenvalue weighted by atomic mass is 16.5. The van der Waals surface area contributed by atoms with E-state index in [-0.39, 0.29) is 18.7 Å². The van der Waals surface area contributed by atoms with Crippen molar-refractivity contribution in [2.24, 2.45) is 0 Å². The van der Waals surface area contributed by atoms with Crippen molar-refractivity contribution in [3.63, 3.8) is 0 Å². The minimum Gasteiger partial charge on any atom is -0.479 e. The molecule has 2 aromatic rings. The first kappa shape index (κ1) is 19.8. The smallest absolute Gasteiger partial charge is 0.254 e. The van der Waals surface area contributed by atoms with Crippen molar-refractivity contribution in [3.8, 4) is 5.88 Å². The maximum atomic E-state index is 10.3. The maximum absolute atomic E-state index is 10.3. The lowest BCUT2D eigenvalue weighted by Gasteiger charge is -2.49. The Morgan fingerprint density at radius 1 is 1.41 bits per heavy atom. The molecule has 7 heteroatoms. The van der Waals surface area contributed by atoms with Crippen LogP contribution in [0.15, 0.2) is 40.9 Å². The lowest BCUT2D eigenvalue weighted by molar-refractivity contribution is -0.123. The lowest BCUT2D eigenvalue weighted by atomic mass is 9.93. The van der Waals surface area contributed by atoms with Crippen LogP contribution in [0.5, 0.6) is 5.88 Å². The fourth-order valence-corrected chi connectivity index (χ4v) is 3.52. The third-order valence-corrected chi connectivity index (χ3v) is 5.24. The van der Waals surface area contributed by atoms with Gasteiger partial charge in [0.05, 0.1) is 38.5 Å². The van der Waals surface area contributed by atoms with Gasteiger partial charge in [-0.15, -0.1) is 0 Å². The molecule has 27 heavy (non-hydrogen) atoms. The van der Waals surface area contributed by atoms with E-state index < -0.39 is 5.54 Å². The van der Waals surface area contributed by atoms with Gasteiger partial charge >= 0.3 is 0 Å². The summed E-state index contributed by atoms with van der Waals surface area (Å²) in [5.41, 5.74) is 0.711. The Morgan fingerprint density at radius 3 is 2.85 bits per heavy atom. The van der Waals surface area contributed by atoms with Crippen LogP contribution < -0.4 is 10.1 Å². The quantitative estimate of drug-likeness (QED) is 0.730. The minimum atomic E-state index is -0.508. The summed E-state index contributed by atoms with van der Waals surface area (Å²) in [6, 6.07) is 12.2. The zero-order valence-corrected chi connectivity index (χ0v) is 16.2. The molecule has 1 aromatic heterocycles. The van der Waals surface area contributed by atoms with Gasteiger partial charge in [-0.3, -0.25) is 4.90 Å². The third kappa shape index (κ3) is 4.50. The number of nitrogens with zero attached hydrogens (tertiary/aromatic N) is 2. The molecule has 148 valence electrons. The molecule has 3 atom stereocenters. The van der Waals surface area contributed by atoms with E-state index in [1.54, 1.807) is 13.2 Å². The Labute approximate surface area is 160 Å². The number of rotatable bonds is 8. The molecule has 0 bridgehead atoms. The third-order valence-electron chi connectivity index (χ3n) is 5.24. The van der Waals surface area contributed by atoms with Crippen LogP contribution >= 0.6 is 0 Å². The van der Waals surface area contributed by atoms with E-state index in [4.69, 9.17) is 14.0 Å². The second-order valence-corrected chi connectivity index (χ2v) is 7.23. The summed E-state index contributed by atoms with van der Waals surface area (Å²) in [6.45, 7) is 6.59. The lowest BCUT2D eigenvalue weighted by Crippen LogP contribution is -2.66. The van der Waals surface area contributed by atoms with Crippen molar-refractivity contribution >= 4 is 0 Å². The number of nitrogens with one attached hydrogen (secondary N) is 1. The molecular formula is C20H29N3O4. The number of hydrogen-bond donors (Lipinski definition) is 2. The van der Waals surface area contributed by atoms with Gasteiger partial charge in [-0.25, -0.2) is 0 Å². The van der Waals surface area contributed by atoms with Crippen LogP contribution in [-0.4, -0.2) is 60.2 Å². The van der Waals surface area contributed by atoms with Crippen LogP contribution in [0.2, 0.25) is 0 Å². The van der Waals surface area contributed by atoms with Gasteiger partial charge in [0.2, 0.25) is 0 Å². The van der Waals surface area contributed by atoms with Gasteiger partial charge in [0.25, 0.3) is 5.88 Å². The summed E-state index contributed by atoms with van der Waals surface area (Å²) in [5.74, 6) is 1.15. The standard InChI is InChI=1S/C20H29N3O4/c1-15-11-26-14-20(13-24,23(15)10-17-7-5-4-6-8-17)12-21-16(2)18-9-19(25-3)22-27-18/h4-9,15-16,21,24H,10-14H2,1-3H3/t15-,16?,20+/m1/s1. The molecule has 0 aliphatic carbocycles. The zero-order chi connectivity index (χ0) is 19.3. The molecule has 1 aliphatic rings. The summed E-state index contributed by atoms with van der Waals surface area (Å²) < 4.78 is 16.2. The normalized spacial score (nSPS) is 24.7. The maximum Gasteiger partial charge on any atom is 0.254 e. The number of aromatic nitrogens is 1. The number of morpholine rings is 1. The molecule has 7 nitrogen and oxygen atoms in total. The van der Waals surface area contributed by atoms with Gasteiger partial charge in [0.1, 0.15) is 0 Å². The largest absolute Gasteiger partial charge is 0.479 e. The van der Waals surface area contributed by atoms with Gasteiger partial charge in [-0.2, -0.15) is 0 Å². The second kappa shape index (κ2) is 8.84. The fourth-order valence-electron chi connectivity index (χ4n) is 3.52. The van der Waals surface area contributed by atoms with Gasteiger partial charge in [0.15, 0.2) is 5.76 Å². The van der Waals surface area contributed by atoms with Crippen LogP contribution in [0, 0.1) is 0 Å². The number of aliphatic hydroxyl groups is 1. The highest BCUT2D eigenvalue weighted by Gasteiger charge is 2.42. The summed E-state index contributed by atoms with van der Waals surface area (Å²) in [6.07, 6.45) is 0. The molecule has 1 aliphatic heterocycles. The minimum absolute atomic E-state index is 0.00359. The van der Waals surface area contributed by atoms with Crippen molar-refractivity contribution < 1.29 is 19.1 Å². The first-order chi connectivity index (χ1) is 13.1. The summed E-state index contributed by atoms with van der Waals surface area (Å²) >= 11 is 0. The number of methoxy groups -OCH3 is 1. The predicted octanol–water partition coefficient (Wildman–Crippen LogP) is 1.99. The van der Waals surface area contributed by atoms with Crippen LogP contribution in [0.4, 0.5) is 0 Å². The molecule has 1 aromatic carbocycles. The molecule has 2 N–H and O–H groups in total. The fraction of sp³-hybridized carbons (Fsp3) is 0.550. The molecule has 0 radical (unpaired) electrons. The second-order valence-electron chi connectivity index (χ2n) is 7.23. The molecular weight excluding hydrogens is 346 g/mol. The monoisotopic (exact) mass is 375 g/mol. The van der Waals surface area contributed by atoms with Crippen molar-refractivity contribution in [1.29, 1.82) is 0 Å². The number of benzene rings is 1. The van der Waals surface area contributed by atoms with Crippen LogP contribution in [0.1, 0.15) is 31.2 Å². The Hall–Kier alpha value is -1.93. The molecule has 2 heterocycles. The Bertz CT molecular complexity index is 708. The topological polar surface area (TPSA) is 80.0 Å². The molecule has 0 spiro atoms. The van der Waals surface area contributed by atoms with E-state index in [0.717, 1.165) is 6.54 Å². The van der Waals surface area contributed by atoms with E-state index in [1.807, 2.05) is 25.1 Å². The average Bonchev–Trinajstić information content (AvgIpc) is 3.18. The Kier molecular flexibility index (Phi) is 6.49. The van der Waals surface area contributed by atoms with E-state index in [2.05, 4.69) is 34.4 Å². The van der Waals surface area contributed by atoms with Crippen molar-refractivity contribution in [3.05, 3.63) is 47.7 Å². The van der Waals surface area contributed by atoms with Crippen LogP contribution in [0.25, 0.3) is 0 Å². The first-order valence-electron chi connectivity index (χ1n) is 9.31. The molecule has 0 saturated carbocycles. The van der Waals surface area contributed by atoms with Gasteiger partial charge in [0, 0.05) is 25.2 Å². The number of ether oxygens (including phenoxy) is 2. The Morgan fingerprint density at radius 2 is 2.19 bits per heavy atom. The Balaban J connectivity index is 1.73. The van der Waals surface area contributed by atoms with Crippen LogP contribution in [-0.2, 0) is 11.3 Å². The summed E-state index contributed by atoms with van der Waals surface area (Å²) in [7, 11) is 1.56. The molecule has 0 amide bonds. The van der Waals surface area contributed by atoms with Crippen molar-refractivity contribution in [1.82, 2.24) is 15.4 Å². The molecule has 1 fully saturated rings. The van der Waals surface area contributed by atoms with Gasteiger partial charge in [-0.1, -0.05) is 30.3 Å². The molecule has 1 saturated heterocycles. The average molecular weight is 375 g/mol. The van der Waals surface area contributed by atoms with E-state index >= 15 is 0 Å². The molecule has 3 rings (SSSR count). The SMILES string of the molecule is COc1cc(C(C)NC[C@]2(CO)COC[C@@H](C)N2Cc2ccccc2)on1.